The molecule has 2 aromatic heterocycles. The minimum atomic E-state index is 0.619. The van der Waals surface area contributed by atoms with Gasteiger partial charge in [-0.25, -0.2) is 4.98 Å². The lowest BCUT2D eigenvalue weighted by Crippen LogP contribution is -1.94. The van der Waals surface area contributed by atoms with Crippen molar-refractivity contribution in [1.82, 2.24) is 14.8 Å². The first-order valence-electron chi connectivity index (χ1n) is 4.71. The Hall–Kier alpha value is -0.870. The second-order valence-corrected chi connectivity index (χ2v) is 4.62. The summed E-state index contributed by atoms with van der Waals surface area (Å²) >= 11 is 7.32. The van der Waals surface area contributed by atoms with E-state index in [1.165, 1.54) is 0 Å². The van der Waals surface area contributed by atoms with E-state index in [0.29, 0.717) is 5.88 Å². The Kier molecular flexibility index (Phi) is 3.07. The Morgan fingerprint density at radius 1 is 1.53 bits per heavy atom. The van der Waals surface area contributed by atoms with Crippen LogP contribution in [0.1, 0.15) is 11.3 Å². The van der Waals surface area contributed by atoms with Gasteiger partial charge in [0.25, 0.3) is 0 Å². The van der Waals surface area contributed by atoms with Gasteiger partial charge in [0.1, 0.15) is 5.01 Å². The van der Waals surface area contributed by atoms with Crippen LogP contribution in [0.2, 0.25) is 0 Å². The molecule has 0 N–H and O–H groups in total. The summed E-state index contributed by atoms with van der Waals surface area (Å²) in [4.78, 5) is 4.54. The number of nitrogens with zero attached hydrogens (tertiary/aromatic N) is 3. The molecule has 3 nitrogen and oxygen atoms in total. The van der Waals surface area contributed by atoms with Crippen LogP contribution in [0, 0.1) is 6.92 Å². The van der Waals surface area contributed by atoms with Gasteiger partial charge in [0.2, 0.25) is 0 Å². The highest BCUT2D eigenvalue weighted by atomic mass is 35.5. The average Bonchev–Trinajstić information content (AvgIpc) is 2.75. The summed E-state index contributed by atoms with van der Waals surface area (Å²) in [6.45, 7) is 2.05. The van der Waals surface area contributed by atoms with Gasteiger partial charge >= 0.3 is 0 Å². The molecule has 0 saturated heterocycles. The van der Waals surface area contributed by atoms with Gasteiger partial charge in [-0.1, -0.05) is 0 Å². The molecule has 0 saturated carbocycles. The molecule has 2 heterocycles. The molecule has 0 aliphatic heterocycles. The normalized spacial score (nSPS) is 10.9. The second kappa shape index (κ2) is 4.33. The minimum Gasteiger partial charge on any atom is -0.265 e. The fraction of sp³-hybridized carbons (Fsp3) is 0.400. The standard InChI is InChI=1S/C10H12ClN3S/c1-7-5-12-14(2)9(7)10-13-8(3-4-11)6-15-10/h5-6H,3-4H2,1-2H3. The van der Waals surface area contributed by atoms with E-state index in [1.807, 2.05) is 24.9 Å². The molecule has 80 valence electrons. The maximum absolute atomic E-state index is 5.68. The first-order chi connectivity index (χ1) is 7.22. The Bertz CT molecular complexity index is 441. The number of halogens is 1. The minimum absolute atomic E-state index is 0.619. The second-order valence-electron chi connectivity index (χ2n) is 3.38. The van der Waals surface area contributed by atoms with Crippen molar-refractivity contribution in [2.75, 3.05) is 5.88 Å². The molecule has 0 atom stereocenters. The van der Waals surface area contributed by atoms with Crippen molar-refractivity contribution in [3.05, 3.63) is 22.8 Å². The fourth-order valence-electron chi connectivity index (χ4n) is 1.48. The summed E-state index contributed by atoms with van der Waals surface area (Å²) in [7, 11) is 1.94. The van der Waals surface area contributed by atoms with Crippen LogP contribution >= 0.6 is 22.9 Å². The summed E-state index contributed by atoms with van der Waals surface area (Å²) in [5.41, 5.74) is 3.32. The number of hydrogen-bond donors (Lipinski definition) is 0. The Balaban J connectivity index is 2.37. The third kappa shape index (κ3) is 2.06. The number of alkyl halides is 1. The molecule has 0 radical (unpaired) electrons. The van der Waals surface area contributed by atoms with Gasteiger partial charge in [-0.3, -0.25) is 4.68 Å². The number of aromatic nitrogens is 3. The van der Waals surface area contributed by atoms with Crippen LogP contribution in [-0.2, 0) is 13.5 Å². The summed E-state index contributed by atoms with van der Waals surface area (Å²) in [5, 5.41) is 7.29. The van der Waals surface area contributed by atoms with Crippen molar-refractivity contribution in [2.45, 2.75) is 13.3 Å². The van der Waals surface area contributed by atoms with Gasteiger partial charge < -0.3 is 0 Å². The molecule has 0 spiro atoms. The molecule has 0 unspecified atom stereocenters. The van der Waals surface area contributed by atoms with E-state index >= 15 is 0 Å². The summed E-state index contributed by atoms with van der Waals surface area (Å²) in [5.74, 6) is 0.619. The zero-order valence-corrected chi connectivity index (χ0v) is 10.3. The number of rotatable bonds is 3. The molecule has 2 rings (SSSR count). The van der Waals surface area contributed by atoms with Gasteiger partial charge in [0.05, 0.1) is 17.6 Å². The van der Waals surface area contributed by atoms with Crippen molar-refractivity contribution in [2.24, 2.45) is 7.05 Å². The molecule has 0 aliphatic rings. The van der Waals surface area contributed by atoms with Crippen LogP contribution in [0.3, 0.4) is 0 Å². The van der Waals surface area contributed by atoms with Crippen molar-refractivity contribution in [3.8, 4) is 10.7 Å². The quantitative estimate of drug-likeness (QED) is 0.774. The van der Waals surface area contributed by atoms with E-state index in [4.69, 9.17) is 11.6 Å². The van der Waals surface area contributed by atoms with Gasteiger partial charge in [0.15, 0.2) is 0 Å². The van der Waals surface area contributed by atoms with E-state index < -0.39 is 0 Å². The van der Waals surface area contributed by atoms with Crippen LogP contribution in [0.25, 0.3) is 10.7 Å². The largest absolute Gasteiger partial charge is 0.265 e. The summed E-state index contributed by atoms with van der Waals surface area (Å²) < 4.78 is 1.86. The number of hydrogen-bond acceptors (Lipinski definition) is 3. The van der Waals surface area contributed by atoms with Crippen molar-refractivity contribution in [3.63, 3.8) is 0 Å². The highest BCUT2D eigenvalue weighted by Gasteiger charge is 2.11. The van der Waals surface area contributed by atoms with E-state index in [1.54, 1.807) is 11.3 Å². The molecule has 2 aromatic rings. The van der Waals surface area contributed by atoms with Gasteiger partial charge in [0, 0.05) is 24.7 Å². The highest BCUT2D eigenvalue weighted by molar-refractivity contribution is 7.13. The van der Waals surface area contributed by atoms with E-state index in [-0.39, 0.29) is 0 Å². The highest BCUT2D eigenvalue weighted by Crippen LogP contribution is 2.26. The fourth-order valence-corrected chi connectivity index (χ4v) is 2.67. The average molecular weight is 242 g/mol. The summed E-state index contributed by atoms with van der Waals surface area (Å²) in [6.07, 6.45) is 2.69. The SMILES string of the molecule is Cc1cnn(C)c1-c1nc(CCCl)cs1. The zero-order valence-electron chi connectivity index (χ0n) is 8.70. The molecule has 5 heteroatoms. The zero-order chi connectivity index (χ0) is 10.8. The third-order valence-electron chi connectivity index (χ3n) is 2.23. The van der Waals surface area contributed by atoms with Crippen molar-refractivity contribution < 1.29 is 0 Å². The lowest BCUT2D eigenvalue weighted by atomic mass is 10.3. The summed E-state index contributed by atoms with van der Waals surface area (Å²) in [6, 6.07) is 0. The van der Waals surface area contributed by atoms with E-state index in [0.717, 1.165) is 28.4 Å². The maximum atomic E-state index is 5.68. The Morgan fingerprint density at radius 2 is 2.33 bits per heavy atom. The molecule has 0 fully saturated rings. The van der Waals surface area contributed by atoms with Crippen LogP contribution in [0.5, 0.6) is 0 Å². The Labute approximate surface area is 97.7 Å². The van der Waals surface area contributed by atoms with Crippen LogP contribution < -0.4 is 0 Å². The van der Waals surface area contributed by atoms with Crippen molar-refractivity contribution >= 4 is 22.9 Å². The van der Waals surface area contributed by atoms with Gasteiger partial charge in [-0.15, -0.1) is 22.9 Å². The number of thiazole rings is 1. The lowest BCUT2D eigenvalue weighted by Gasteiger charge is -1.98. The van der Waals surface area contributed by atoms with E-state index in [2.05, 4.69) is 15.5 Å². The van der Waals surface area contributed by atoms with Crippen molar-refractivity contribution in [1.29, 1.82) is 0 Å². The Morgan fingerprint density at radius 3 is 2.93 bits per heavy atom. The molecule has 0 amide bonds. The van der Waals surface area contributed by atoms with Crippen LogP contribution in [0.15, 0.2) is 11.6 Å². The predicted molar refractivity (Wildman–Crippen MR) is 63.5 cm³/mol. The molecule has 0 aliphatic carbocycles. The monoisotopic (exact) mass is 241 g/mol. The lowest BCUT2D eigenvalue weighted by molar-refractivity contribution is 0.774. The molecule has 0 aromatic carbocycles. The first kappa shape index (κ1) is 10.6. The smallest absolute Gasteiger partial charge is 0.142 e. The first-order valence-corrected chi connectivity index (χ1v) is 6.13. The van der Waals surface area contributed by atoms with Gasteiger partial charge in [-0.05, 0) is 12.5 Å². The van der Waals surface area contributed by atoms with Crippen LogP contribution in [0.4, 0.5) is 0 Å². The molecular formula is C10H12ClN3S. The third-order valence-corrected chi connectivity index (χ3v) is 3.31. The van der Waals surface area contributed by atoms with E-state index in [9.17, 15) is 0 Å². The predicted octanol–water partition coefficient (Wildman–Crippen LogP) is 2.63. The topological polar surface area (TPSA) is 30.7 Å². The molecule has 0 bridgehead atoms. The van der Waals surface area contributed by atoms with Gasteiger partial charge in [-0.2, -0.15) is 5.10 Å². The van der Waals surface area contributed by atoms with Crippen LogP contribution in [-0.4, -0.2) is 20.6 Å². The molecular weight excluding hydrogens is 230 g/mol. The number of aryl methyl sites for hydroxylation is 3. The maximum Gasteiger partial charge on any atom is 0.142 e. The molecule has 15 heavy (non-hydrogen) atoms.